The summed E-state index contributed by atoms with van der Waals surface area (Å²) in [7, 11) is 0. The van der Waals surface area contributed by atoms with Crippen LogP contribution in [-0.2, 0) is 6.54 Å². The SMILES string of the molecule is Nc1ncc(Br)nc1NCc1ccc(F)cc1. The monoisotopic (exact) mass is 296 g/mol. The summed E-state index contributed by atoms with van der Waals surface area (Å²) in [5.74, 6) is 0.578. The van der Waals surface area contributed by atoms with Crippen molar-refractivity contribution < 1.29 is 4.39 Å². The minimum atomic E-state index is -0.254. The maximum absolute atomic E-state index is 12.7. The van der Waals surface area contributed by atoms with E-state index < -0.39 is 0 Å². The molecule has 0 radical (unpaired) electrons. The molecule has 0 aliphatic rings. The van der Waals surface area contributed by atoms with Gasteiger partial charge in [-0.3, -0.25) is 0 Å². The third kappa shape index (κ3) is 3.13. The van der Waals surface area contributed by atoms with Gasteiger partial charge in [-0.05, 0) is 33.6 Å². The zero-order valence-corrected chi connectivity index (χ0v) is 10.4. The van der Waals surface area contributed by atoms with Crippen molar-refractivity contribution in [2.24, 2.45) is 0 Å². The maximum atomic E-state index is 12.7. The normalized spacial score (nSPS) is 10.2. The first-order valence-corrected chi connectivity index (χ1v) is 5.71. The van der Waals surface area contributed by atoms with Crippen LogP contribution >= 0.6 is 15.9 Å². The molecule has 4 nitrogen and oxygen atoms in total. The molecule has 1 heterocycles. The van der Waals surface area contributed by atoms with Crippen molar-refractivity contribution in [3.63, 3.8) is 0 Å². The van der Waals surface area contributed by atoms with Gasteiger partial charge in [0.25, 0.3) is 0 Å². The molecule has 2 rings (SSSR count). The number of hydrogen-bond acceptors (Lipinski definition) is 4. The Morgan fingerprint density at radius 2 is 2.00 bits per heavy atom. The average molecular weight is 297 g/mol. The second-order valence-electron chi connectivity index (χ2n) is 3.41. The number of halogens is 2. The standard InChI is InChI=1S/C11H10BrFN4/c12-9-6-15-10(14)11(17-9)16-5-7-1-3-8(13)4-2-7/h1-4,6H,5H2,(H2,14,15)(H,16,17). The van der Waals surface area contributed by atoms with Gasteiger partial charge >= 0.3 is 0 Å². The number of nitrogen functional groups attached to an aromatic ring is 1. The van der Waals surface area contributed by atoms with Crippen LogP contribution < -0.4 is 11.1 Å². The van der Waals surface area contributed by atoms with Crippen molar-refractivity contribution in [2.75, 3.05) is 11.1 Å². The summed E-state index contributed by atoms with van der Waals surface area (Å²) in [6.07, 6.45) is 1.53. The molecule has 0 aliphatic carbocycles. The Hall–Kier alpha value is -1.69. The Labute approximate surface area is 106 Å². The number of hydrogen-bond donors (Lipinski definition) is 2. The minimum absolute atomic E-state index is 0.254. The summed E-state index contributed by atoms with van der Waals surface area (Å²) in [6, 6.07) is 6.22. The van der Waals surface area contributed by atoms with Gasteiger partial charge in [0.1, 0.15) is 10.4 Å². The van der Waals surface area contributed by atoms with Gasteiger partial charge in [-0.15, -0.1) is 0 Å². The lowest BCUT2D eigenvalue weighted by atomic mass is 10.2. The Kier molecular flexibility index (Phi) is 3.53. The second kappa shape index (κ2) is 5.09. The minimum Gasteiger partial charge on any atom is -0.381 e. The van der Waals surface area contributed by atoms with Crippen molar-refractivity contribution in [1.29, 1.82) is 0 Å². The number of nitrogens with one attached hydrogen (secondary N) is 1. The van der Waals surface area contributed by atoms with Crippen LogP contribution in [0.1, 0.15) is 5.56 Å². The van der Waals surface area contributed by atoms with E-state index in [1.54, 1.807) is 12.1 Å². The van der Waals surface area contributed by atoms with E-state index in [4.69, 9.17) is 5.73 Å². The molecule has 0 bridgehead atoms. The molecule has 17 heavy (non-hydrogen) atoms. The first-order chi connectivity index (χ1) is 8.15. The molecule has 3 N–H and O–H groups in total. The van der Waals surface area contributed by atoms with E-state index in [0.717, 1.165) is 5.56 Å². The van der Waals surface area contributed by atoms with Crippen LogP contribution in [0.5, 0.6) is 0 Å². The quantitative estimate of drug-likeness (QED) is 0.914. The molecule has 88 valence electrons. The maximum Gasteiger partial charge on any atom is 0.170 e. The van der Waals surface area contributed by atoms with Gasteiger partial charge in [0.2, 0.25) is 0 Å². The van der Waals surface area contributed by atoms with E-state index >= 15 is 0 Å². The number of nitrogens with zero attached hydrogens (tertiary/aromatic N) is 2. The van der Waals surface area contributed by atoms with Gasteiger partial charge in [0.05, 0.1) is 6.20 Å². The summed E-state index contributed by atoms with van der Waals surface area (Å²) in [5.41, 5.74) is 6.60. The van der Waals surface area contributed by atoms with Gasteiger partial charge in [-0.2, -0.15) is 0 Å². The Balaban J connectivity index is 2.07. The molecule has 0 saturated carbocycles. The van der Waals surface area contributed by atoms with Crippen LogP contribution in [0, 0.1) is 5.82 Å². The van der Waals surface area contributed by atoms with Crippen molar-refractivity contribution >= 4 is 27.6 Å². The highest BCUT2D eigenvalue weighted by atomic mass is 79.9. The number of rotatable bonds is 3. The topological polar surface area (TPSA) is 63.8 Å². The Morgan fingerprint density at radius 3 is 2.71 bits per heavy atom. The smallest absolute Gasteiger partial charge is 0.170 e. The van der Waals surface area contributed by atoms with Crippen LogP contribution in [0.15, 0.2) is 35.1 Å². The fraction of sp³-hybridized carbons (Fsp3) is 0.0909. The first-order valence-electron chi connectivity index (χ1n) is 4.91. The first kappa shape index (κ1) is 11.8. The largest absolute Gasteiger partial charge is 0.381 e. The second-order valence-corrected chi connectivity index (χ2v) is 4.22. The van der Waals surface area contributed by atoms with Crippen LogP contribution in [0.3, 0.4) is 0 Å². The van der Waals surface area contributed by atoms with Crippen LogP contribution in [0.25, 0.3) is 0 Å². The third-order valence-electron chi connectivity index (χ3n) is 2.14. The Morgan fingerprint density at radius 1 is 1.29 bits per heavy atom. The van der Waals surface area contributed by atoms with E-state index in [2.05, 4.69) is 31.2 Å². The van der Waals surface area contributed by atoms with E-state index in [-0.39, 0.29) is 5.82 Å². The van der Waals surface area contributed by atoms with Crippen molar-refractivity contribution in [1.82, 2.24) is 9.97 Å². The van der Waals surface area contributed by atoms with Gasteiger partial charge < -0.3 is 11.1 Å². The molecular formula is C11H10BrFN4. The summed E-state index contributed by atoms with van der Waals surface area (Å²) in [5, 5.41) is 3.04. The third-order valence-corrected chi connectivity index (χ3v) is 2.53. The molecule has 6 heteroatoms. The van der Waals surface area contributed by atoms with Crippen LogP contribution in [0.2, 0.25) is 0 Å². The molecule has 0 fully saturated rings. The van der Waals surface area contributed by atoms with E-state index in [1.807, 2.05) is 0 Å². The van der Waals surface area contributed by atoms with Gasteiger partial charge in [0.15, 0.2) is 11.6 Å². The zero-order valence-electron chi connectivity index (χ0n) is 8.82. The van der Waals surface area contributed by atoms with E-state index in [1.165, 1.54) is 18.3 Å². The predicted octanol–water partition coefficient (Wildman–Crippen LogP) is 2.57. The Bertz CT molecular complexity index is 515. The fourth-order valence-electron chi connectivity index (χ4n) is 1.30. The van der Waals surface area contributed by atoms with E-state index in [9.17, 15) is 4.39 Å². The summed E-state index contributed by atoms with van der Waals surface area (Å²) < 4.78 is 13.3. The lowest BCUT2D eigenvalue weighted by Crippen LogP contribution is -2.06. The summed E-state index contributed by atoms with van der Waals surface area (Å²) >= 11 is 3.21. The highest BCUT2D eigenvalue weighted by Crippen LogP contribution is 2.16. The molecule has 0 aliphatic heterocycles. The number of nitrogens with two attached hydrogens (primary N) is 1. The lowest BCUT2D eigenvalue weighted by Gasteiger charge is -2.07. The van der Waals surface area contributed by atoms with Crippen LogP contribution in [0.4, 0.5) is 16.0 Å². The van der Waals surface area contributed by atoms with Gasteiger partial charge in [-0.1, -0.05) is 12.1 Å². The summed E-state index contributed by atoms with van der Waals surface area (Å²) in [4.78, 5) is 8.10. The molecular weight excluding hydrogens is 287 g/mol. The molecule has 0 saturated heterocycles. The number of benzene rings is 1. The fourth-order valence-corrected chi connectivity index (χ4v) is 1.57. The molecule has 1 aromatic carbocycles. The van der Waals surface area contributed by atoms with Crippen molar-refractivity contribution in [3.8, 4) is 0 Å². The molecule has 1 aromatic heterocycles. The van der Waals surface area contributed by atoms with Crippen molar-refractivity contribution in [2.45, 2.75) is 6.54 Å². The highest BCUT2D eigenvalue weighted by molar-refractivity contribution is 9.10. The number of anilines is 2. The molecule has 0 unspecified atom stereocenters. The molecule has 0 atom stereocenters. The predicted molar refractivity (Wildman–Crippen MR) is 67.9 cm³/mol. The summed E-state index contributed by atoms with van der Waals surface area (Å²) in [6.45, 7) is 0.510. The van der Waals surface area contributed by atoms with Crippen molar-refractivity contribution in [3.05, 3.63) is 46.4 Å². The lowest BCUT2D eigenvalue weighted by molar-refractivity contribution is 0.627. The molecule has 2 aromatic rings. The van der Waals surface area contributed by atoms with Crippen LogP contribution in [-0.4, -0.2) is 9.97 Å². The van der Waals surface area contributed by atoms with Gasteiger partial charge in [0, 0.05) is 6.54 Å². The zero-order chi connectivity index (χ0) is 12.3. The van der Waals surface area contributed by atoms with Gasteiger partial charge in [-0.25, -0.2) is 14.4 Å². The van der Waals surface area contributed by atoms with E-state index in [0.29, 0.717) is 22.8 Å². The number of aromatic nitrogens is 2. The highest BCUT2D eigenvalue weighted by Gasteiger charge is 2.03. The molecule has 0 spiro atoms. The molecule has 0 amide bonds. The average Bonchev–Trinajstić information content (AvgIpc) is 2.32.